The molecular formula is C29H42Cl2N8O6Si. The van der Waals surface area contributed by atoms with Crippen LogP contribution in [0, 0.1) is 0 Å². The van der Waals surface area contributed by atoms with Crippen LogP contribution in [0.25, 0.3) is 0 Å². The molecule has 3 aromatic rings. The van der Waals surface area contributed by atoms with Crippen molar-refractivity contribution in [2.45, 2.75) is 52.1 Å². The normalized spacial score (nSPS) is 11.7. The van der Waals surface area contributed by atoms with Gasteiger partial charge in [0.2, 0.25) is 0 Å². The minimum Gasteiger partial charge on any atom is -0.495 e. The summed E-state index contributed by atoms with van der Waals surface area (Å²) in [6.45, 7) is 12.1. The molecule has 0 aliphatic carbocycles. The van der Waals surface area contributed by atoms with Crippen molar-refractivity contribution in [3.05, 3.63) is 34.7 Å². The summed E-state index contributed by atoms with van der Waals surface area (Å²) >= 11 is 13.5. The summed E-state index contributed by atoms with van der Waals surface area (Å²) < 4.78 is 23.9. The molecule has 3 amide bonds. The number of methoxy groups -OCH3 is 2. The minimum atomic E-state index is -1.44. The quantitative estimate of drug-likeness (QED) is 0.133. The zero-order chi connectivity index (χ0) is 34.6. The third-order valence-corrected chi connectivity index (χ3v) is 8.83. The Hall–Kier alpha value is -3.79. The smallest absolute Gasteiger partial charge is 0.422 e. The average molecular weight is 698 g/mol. The molecule has 0 bridgehead atoms. The van der Waals surface area contributed by atoms with Gasteiger partial charge >= 0.3 is 12.1 Å². The van der Waals surface area contributed by atoms with Gasteiger partial charge < -0.3 is 24.7 Å². The second kappa shape index (κ2) is 14.7. The Morgan fingerprint density at radius 3 is 2.11 bits per heavy atom. The molecule has 0 aliphatic heterocycles. The Bertz CT molecular complexity index is 1530. The largest absolute Gasteiger partial charge is 0.495 e. The molecule has 46 heavy (non-hydrogen) atoms. The first-order valence-corrected chi connectivity index (χ1v) is 18.7. The number of amides is 3. The molecule has 0 saturated heterocycles. The highest BCUT2D eigenvalue weighted by atomic mass is 35.5. The number of halogens is 2. The summed E-state index contributed by atoms with van der Waals surface area (Å²) in [5.41, 5.74) is 5.67. The van der Waals surface area contributed by atoms with Gasteiger partial charge in [0.05, 0.1) is 25.6 Å². The first-order valence-electron chi connectivity index (χ1n) is 14.3. The van der Waals surface area contributed by atoms with Gasteiger partial charge in [-0.05, 0) is 26.8 Å². The molecule has 0 saturated carbocycles. The lowest BCUT2D eigenvalue weighted by atomic mass is 10.2. The Balaban J connectivity index is 2.09. The molecule has 2 N–H and O–H groups in total. The lowest BCUT2D eigenvalue weighted by Gasteiger charge is -2.30. The minimum absolute atomic E-state index is 0.0568. The van der Waals surface area contributed by atoms with Gasteiger partial charge in [-0.15, -0.1) is 0 Å². The molecule has 17 heteroatoms. The number of carbonyl (C=O) groups is 2. The molecule has 3 rings (SSSR count). The number of urea groups is 1. The number of hydrogen-bond donors (Lipinski definition) is 1. The van der Waals surface area contributed by atoms with Crippen LogP contribution in [0.5, 0.6) is 11.5 Å². The third kappa shape index (κ3) is 8.93. The van der Waals surface area contributed by atoms with E-state index >= 15 is 0 Å². The van der Waals surface area contributed by atoms with Crippen molar-refractivity contribution in [2.24, 2.45) is 7.05 Å². The maximum absolute atomic E-state index is 14.2. The highest BCUT2D eigenvalue weighted by molar-refractivity contribution is 6.76. The number of ether oxygens (including phenoxy) is 4. The van der Waals surface area contributed by atoms with Gasteiger partial charge in [-0.3, -0.25) is 14.5 Å². The summed E-state index contributed by atoms with van der Waals surface area (Å²) in [6, 6.07) is 3.20. The number of hydrogen-bond acceptors (Lipinski definition) is 10. The molecule has 0 aliphatic rings. The molecule has 0 radical (unpaired) electrons. The van der Waals surface area contributed by atoms with E-state index in [1.807, 2.05) is 0 Å². The summed E-state index contributed by atoms with van der Waals surface area (Å²) in [6.07, 6.45) is 1.96. The predicted octanol–water partition coefficient (Wildman–Crippen LogP) is 6.56. The number of anilines is 5. The molecule has 2 heterocycles. The fourth-order valence-corrected chi connectivity index (χ4v) is 5.51. The summed E-state index contributed by atoms with van der Waals surface area (Å²) in [5, 5.41) is 4.48. The fraction of sp³-hybridized carbons (Fsp3) is 0.483. The van der Waals surface area contributed by atoms with E-state index in [0.717, 1.165) is 10.9 Å². The molecular weight excluding hydrogens is 655 g/mol. The van der Waals surface area contributed by atoms with Crippen molar-refractivity contribution in [2.75, 3.05) is 55.0 Å². The zero-order valence-electron chi connectivity index (χ0n) is 27.8. The van der Waals surface area contributed by atoms with E-state index < -0.39 is 25.8 Å². The first kappa shape index (κ1) is 36.7. The maximum Gasteiger partial charge on any atom is 0.422 e. The van der Waals surface area contributed by atoms with Crippen molar-refractivity contribution in [3.8, 4) is 11.5 Å². The van der Waals surface area contributed by atoms with E-state index in [-0.39, 0.29) is 57.1 Å². The highest BCUT2D eigenvalue weighted by Crippen LogP contribution is 2.46. The van der Waals surface area contributed by atoms with Gasteiger partial charge in [0.1, 0.15) is 51.8 Å². The van der Waals surface area contributed by atoms with Gasteiger partial charge in [-0.1, -0.05) is 42.8 Å². The first-order chi connectivity index (χ1) is 21.4. The topological polar surface area (TPSA) is 150 Å². The Morgan fingerprint density at radius 1 is 1.02 bits per heavy atom. The number of nitrogens with zero attached hydrogens (tertiary/aromatic N) is 7. The standard InChI is InChI=1S/C29H42Cl2N8O6Si/c1-29(2,3)45-28(41)39(26-18(32)15-36(4)35-26)22-14-21(33-16-34-22)37(5)27(40)38(17-44-11-12-46(8,9)10)25-23(30)19(42-6)13-20(43-7)24(25)31/h13-16H,11-12,17,32H2,1-10H3. The van der Waals surface area contributed by atoms with Crippen LogP contribution in [0.3, 0.4) is 0 Å². The SMILES string of the molecule is COc1cc(OC)c(Cl)c(N(COCC[Si](C)(C)C)C(=O)N(C)c2cc(N(C(=O)OC(C)(C)C)c3nn(C)cc3N)ncn2)c1Cl. The van der Waals surface area contributed by atoms with Crippen molar-refractivity contribution >= 4 is 72.2 Å². The van der Waals surface area contributed by atoms with Gasteiger partial charge in [0.15, 0.2) is 5.82 Å². The summed E-state index contributed by atoms with van der Waals surface area (Å²) in [4.78, 5) is 39.9. The van der Waals surface area contributed by atoms with Crippen LogP contribution in [-0.2, 0) is 16.5 Å². The molecule has 252 valence electrons. The van der Waals surface area contributed by atoms with E-state index in [1.165, 1.54) is 54.2 Å². The van der Waals surface area contributed by atoms with Crippen molar-refractivity contribution in [3.63, 3.8) is 0 Å². The van der Waals surface area contributed by atoms with Crippen molar-refractivity contribution in [1.29, 1.82) is 0 Å². The summed E-state index contributed by atoms with van der Waals surface area (Å²) in [5.74, 6) is 0.750. The molecule has 0 atom stereocenters. The number of benzene rings is 1. The second-order valence-electron chi connectivity index (χ2n) is 12.5. The van der Waals surface area contributed by atoms with Crippen LogP contribution < -0.4 is 29.9 Å². The van der Waals surface area contributed by atoms with Crippen LogP contribution in [-0.4, -0.2) is 80.2 Å². The van der Waals surface area contributed by atoms with E-state index in [4.69, 9.17) is 47.9 Å². The third-order valence-electron chi connectivity index (χ3n) is 6.39. The van der Waals surface area contributed by atoms with Crippen LogP contribution >= 0.6 is 23.2 Å². The lowest BCUT2D eigenvalue weighted by molar-refractivity contribution is 0.0597. The number of rotatable bonds is 11. The molecule has 0 unspecified atom stereocenters. The highest BCUT2D eigenvalue weighted by Gasteiger charge is 2.33. The van der Waals surface area contributed by atoms with Crippen LogP contribution in [0.15, 0.2) is 24.7 Å². The molecule has 14 nitrogen and oxygen atoms in total. The molecule has 0 spiro atoms. The van der Waals surface area contributed by atoms with Gasteiger partial charge in [0.25, 0.3) is 0 Å². The number of aryl methyl sites for hydroxylation is 1. The lowest BCUT2D eigenvalue weighted by Crippen LogP contribution is -2.44. The van der Waals surface area contributed by atoms with Gasteiger partial charge in [-0.25, -0.2) is 24.5 Å². The molecule has 0 fully saturated rings. The van der Waals surface area contributed by atoms with E-state index in [2.05, 4.69) is 34.7 Å². The van der Waals surface area contributed by atoms with Crippen molar-refractivity contribution in [1.82, 2.24) is 19.7 Å². The Labute approximate surface area is 280 Å². The van der Waals surface area contributed by atoms with Crippen LogP contribution in [0.1, 0.15) is 20.8 Å². The molecule has 1 aromatic carbocycles. The number of aromatic nitrogens is 4. The number of nitrogens with two attached hydrogens (primary N) is 1. The Morgan fingerprint density at radius 2 is 1.61 bits per heavy atom. The van der Waals surface area contributed by atoms with E-state index in [1.54, 1.807) is 34.0 Å². The Kier molecular flexibility index (Phi) is 11.8. The van der Waals surface area contributed by atoms with Crippen LogP contribution in [0.2, 0.25) is 35.7 Å². The maximum atomic E-state index is 14.2. The van der Waals surface area contributed by atoms with Crippen LogP contribution in [0.4, 0.5) is 38.4 Å². The average Bonchev–Trinajstić information content (AvgIpc) is 3.29. The monoisotopic (exact) mass is 696 g/mol. The van der Waals surface area contributed by atoms with Gasteiger partial charge in [-0.2, -0.15) is 5.10 Å². The van der Waals surface area contributed by atoms with E-state index in [9.17, 15) is 9.59 Å². The predicted molar refractivity (Wildman–Crippen MR) is 183 cm³/mol. The molecule has 2 aromatic heterocycles. The summed E-state index contributed by atoms with van der Waals surface area (Å²) in [7, 11) is 4.60. The fourth-order valence-electron chi connectivity index (χ4n) is 4.05. The van der Waals surface area contributed by atoms with Crippen molar-refractivity contribution < 1.29 is 28.5 Å². The zero-order valence-corrected chi connectivity index (χ0v) is 30.4. The second-order valence-corrected chi connectivity index (χ2v) is 18.9. The van der Waals surface area contributed by atoms with E-state index in [0.29, 0.717) is 6.61 Å². The number of carbonyl (C=O) groups excluding carboxylic acids is 2. The number of nitrogen functional groups attached to an aromatic ring is 1. The van der Waals surface area contributed by atoms with Gasteiger partial charge in [0, 0.05) is 47.1 Å².